The third-order valence-electron chi connectivity index (χ3n) is 9.74. The van der Waals surface area contributed by atoms with Crippen molar-refractivity contribution >= 4 is 18.2 Å². The molecule has 0 N–H and O–H groups in total. The van der Waals surface area contributed by atoms with E-state index in [2.05, 4.69) is 15.0 Å². The monoisotopic (exact) mass is 568 g/mol. The molecule has 222 valence electrons. The summed E-state index contributed by atoms with van der Waals surface area (Å²) in [6, 6.07) is -1.62. The van der Waals surface area contributed by atoms with Crippen LogP contribution in [-0.2, 0) is 20.9 Å². The maximum absolute atomic E-state index is 14.1. The molecule has 41 heavy (non-hydrogen) atoms. The highest BCUT2D eigenvalue weighted by molar-refractivity contribution is 5.34. The van der Waals surface area contributed by atoms with Crippen LogP contribution in [0.25, 0.3) is 0 Å². The fourth-order valence-corrected chi connectivity index (χ4v) is 7.44. The van der Waals surface area contributed by atoms with Crippen LogP contribution in [0.5, 0.6) is 0 Å². The lowest BCUT2D eigenvalue weighted by molar-refractivity contribution is 0.197. The quantitative estimate of drug-likeness (QED) is 0.330. The van der Waals surface area contributed by atoms with Gasteiger partial charge in [-0.05, 0) is 89.4 Å². The van der Waals surface area contributed by atoms with Crippen LogP contribution in [0.3, 0.4) is 0 Å². The number of carbonyl (C=O) groups excluding carboxylic acids is 3. The van der Waals surface area contributed by atoms with Gasteiger partial charge in [0.05, 0.1) is 18.1 Å². The summed E-state index contributed by atoms with van der Waals surface area (Å²) in [6.45, 7) is 3.79. The van der Waals surface area contributed by atoms with Gasteiger partial charge in [-0.2, -0.15) is 0 Å². The molecule has 3 saturated carbocycles. The molecule has 3 aliphatic carbocycles. The van der Waals surface area contributed by atoms with E-state index in [1.807, 2.05) is 13.8 Å². The third kappa shape index (κ3) is 6.89. The summed E-state index contributed by atoms with van der Waals surface area (Å²) in [5, 5.41) is 0. The van der Waals surface area contributed by atoms with E-state index in [9.17, 15) is 28.8 Å². The lowest BCUT2D eigenvalue weighted by Gasteiger charge is -2.34. The van der Waals surface area contributed by atoms with Crippen LogP contribution in [0, 0.1) is 17.8 Å². The van der Waals surface area contributed by atoms with E-state index in [4.69, 9.17) is 0 Å². The number of aliphatic imine (C=N–C) groups is 3. The summed E-state index contributed by atoms with van der Waals surface area (Å²) >= 11 is 0. The van der Waals surface area contributed by atoms with Gasteiger partial charge in [-0.3, -0.25) is 0 Å². The highest BCUT2D eigenvalue weighted by Gasteiger charge is 2.34. The predicted molar refractivity (Wildman–Crippen MR) is 150 cm³/mol. The van der Waals surface area contributed by atoms with Crippen LogP contribution < -0.4 is 17.1 Å². The second-order valence-corrected chi connectivity index (χ2v) is 12.2. The van der Waals surface area contributed by atoms with E-state index < -0.39 is 29.2 Å². The molecule has 12 nitrogen and oxygen atoms in total. The third-order valence-corrected chi connectivity index (χ3v) is 9.74. The first-order chi connectivity index (χ1) is 19.8. The summed E-state index contributed by atoms with van der Waals surface area (Å²) in [5.41, 5.74) is -1.90. The van der Waals surface area contributed by atoms with Crippen LogP contribution in [0.4, 0.5) is 0 Å². The predicted octanol–water partition coefficient (Wildman–Crippen LogP) is 2.98. The van der Waals surface area contributed by atoms with Gasteiger partial charge in [-0.1, -0.05) is 19.3 Å². The van der Waals surface area contributed by atoms with E-state index in [-0.39, 0.29) is 42.4 Å². The highest BCUT2D eigenvalue weighted by Crippen LogP contribution is 2.35. The van der Waals surface area contributed by atoms with Crippen LogP contribution in [0.1, 0.15) is 103 Å². The smallest absolute Gasteiger partial charge is 0.247 e. The Bertz CT molecular complexity index is 1330. The normalized spacial score (nSPS) is 29.7. The molecule has 0 aromatic carbocycles. The van der Waals surface area contributed by atoms with Gasteiger partial charge in [0.2, 0.25) is 18.2 Å². The molecule has 0 bridgehead atoms. The standard InChI is InChI=1S/C29H40N6O6/c1-19(22-7-4-10-25(13-22)31-17-37)34-27(39)33(15-21-6-3-9-24(12-21)30-16-36)28(40)35(29(34)41)20(2)23-8-5-11-26(14-23)32-18-38/h19-26H,3-15H2,1-2H3. The Morgan fingerprint density at radius 1 is 0.634 bits per heavy atom. The molecule has 0 saturated heterocycles. The lowest BCUT2D eigenvalue weighted by atomic mass is 9.81. The zero-order valence-corrected chi connectivity index (χ0v) is 23.9. The van der Waals surface area contributed by atoms with Gasteiger partial charge in [0, 0.05) is 18.6 Å². The zero-order valence-electron chi connectivity index (χ0n) is 23.9. The van der Waals surface area contributed by atoms with Crippen LogP contribution in [0.2, 0.25) is 0 Å². The number of aromatic nitrogens is 3. The summed E-state index contributed by atoms with van der Waals surface area (Å²) in [6.07, 6.45) is 13.6. The summed E-state index contributed by atoms with van der Waals surface area (Å²) in [7, 11) is 0. The van der Waals surface area contributed by atoms with Crippen molar-refractivity contribution in [3.05, 3.63) is 31.5 Å². The topological polar surface area (TPSA) is 154 Å². The summed E-state index contributed by atoms with van der Waals surface area (Å²) in [5.74, 6) is -0.205. The van der Waals surface area contributed by atoms with Gasteiger partial charge >= 0.3 is 17.1 Å². The number of hydrogen-bond acceptors (Lipinski definition) is 9. The molecule has 0 spiro atoms. The lowest BCUT2D eigenvalue weighted by Crippen LogP contribution is -2.58. The summed E-state index contributed by atoms with van der Waals surface area (Å²) in [4.78, 5) is 86.3. The Morgan fingerprint density at radius 2 is 1.05 bits per heavy atom. The largest absolute Gasteiger partial charge is 0.336 e. The van der Waals surface area contributed by atoms with E-state index in [1.54, 1.807) is 18.2 Å². The first kappa shape index (κ1) is 30.5. The molecule has 12 heteroatoms. The first-order valence-electron chi connectivity index (χ1n) is 15.0. The van der Waals surface area contributed by atoms with Crippen molar-refractivity contribution in [2.45, 2.75) is 128 Å². The van der Waals surface area contributed by atoms with Crippen molar-refractivity contribution in [2.24, 2.45) is 32.7 Å². The minimum atomic E-state index is -0.634. The highest BCUT2D eigenvalue weighted by atomic mass is 16.2. The minimum Gasteiger partial charge on any atom is -0.247 e. The molecular formula is C29H40N6O6. The van der Waals surface area contributed by atoms with Gasteiger partial charge in [0.1, 0.15) is 0 Å². The van der Waals surface area contributed by atoms with E-state index in [0.717, 1.165) is 57.8 Å². The average molecular weight is 569 g/mol. The number of nitrogens with zero attached hydrogens (tertiary/aromatic N) is 6. The Balaban J connectivity index is 1.77. The first-order valence-corrected chi connectivity index (χ1v) is 15.0. The molecule has 0 radical (unpaired) electrons. The minimum absolute atomic E-state index is 0.0526. The van der Waals surface area contributed by atoms with Gasteiger partial charge in [0.25, 0.3) is 0 Å². The average Bonchev–Trinajstić information content (AvgIpc) is 2.96. The van der Waals surface area contributed by atoms with Crippen LogP contribution in [0.15, 0.2) is 29.4 Å². The van der Waals surface area contributed by atoms with Gasteiger partial charge in [-0.25, -0.2) is 57.4 Å². The van der Waals surface area contributed by atoms with Gasteiger partial charge in [-0.15, -0.1) is 0 Å². The molecule has 3 aliphatic rings. The number of hydrogen-bond donors (Lipinski definition) is 0. The molecule has 8 unspecified atom stereocenters. The van der Waals surface area contributed by atoms with E-state index >= 15 is 0 Å². The molecular weight excluding hydrogens is 528 g/mol. The molecule has 0 aliphatic heterocycles. The maximum Gasteiger partial charge on any atom is 0.336 e. The Kier molecular flexibility index (Phi) is 10.4. The molecule has 1 aromatic rings. The van der Waals surface area contributed by atoms with Crippen LogP contribution in [-0.4, -0.2) is 50.1 Å². The second-order valence-electron chi connectivity index (χ2n) is 12.2. The number of rotatable bonds is 9. The van der Waals surface area contributed by atoms with E-state index in [0.29, 0.717) is 19.3 Å². The molecule has 1 heterocycles. The summed E-state index contributed by atoms with van der Waals surface area (Å²) < 4.78 is 3.65. The van der Waals surface area contributed by atoms with Gasteiger partial charge < -0.3 is 0 Å². The maximum atomic E-state index is 14.1. The van der Waals surface area contributed by atoms with Crippen LogP contribution >= 0.6 is 0 Å². The number of isocyanates is 3. The van der Waals surface area contributed by atoms with Crippen molar-refractivity contribution in [3.63, 3.8) is 0 Å². The zero-order chi connectivity index (χ0) is 29.5. The molecule has 4 rings (SSSR count). The Labute approximate surface area is 238 Å². The van der Waals surface area contributed by atoms with Crippen molar-refractivity contribution in [1.29, 1.82) is 0 Å². The SMILES string of the molecule is CC(C1CCCC(N=C=O)C1)n1c(=O)n(CC2CCCC(N=C=O)C2)c(=O)n(C(C)C2CCCC(N=C=O)C2)c1=O. The molecule has 8 atom stereocenters. The van der Waals surface area contributed by atoms with Crippen molar-refractivity contribution in [2.75, 3.05) is 0 Å². The van der Waals surface area contributed by atoms with Crippen molar-refractivity contribution < 1.29 is 14.4 Å². The molecule has 0 amide bonds. The fourth-order valence-electron chi connectivity index (χ4n) is 7.44. The Hall–Kier alpha value is -3.45. The second kappa shape index (κ2) is 13.9. The van der Waals surface area contributed by atoms with E-state index in [1.165, 1.54) is 13.7 Å². The molecule has 3 fully saturated rings. The van der Waals surface area contributed by atoms with Crippen molar-refractivity contribution in [3.8, 4) is 0 Å². The van der Waals surface area contributed by atoms with Crippen molar-refractivity contribution in [1.82, 2.24) is 13.7 Å². The fraction of sp³-hybridized carbons (Fsp3) is 0.793. The Morgan fingerprint density at radius 3 is 1.49 bits per heavy atom. The van der Waals surface area contributed by atoms with Gasteiger partial charge in [0.15, 0.2) is 0 Å². The molecule has 1 aromatic heterocycles.